The Bertz CT molecular complexity index is 468. The Hall–Kier alpha value is -1.43. The molecule has 20 heavy (non-hydrogen) atoms. The molecular weight excluding hydrogens is 256 g/mol. The van der Waals surface area contributed by atoms with Gasteiger partial charge >= 0.3 is 0 Å². The zero-order valence-electron chi connectivity index (χ0n) is 12.7. The molecule has 0 aliphatic carbocycles. The average Bonchev–Trinajstić information content (AvgIpc) is 2.76. The molecule has 1 amide bonds. The fourth-order valence-electron chi connectivity index (χ4n) is 2.79. The van der Waals surface area contributed by atoms with Crippen molar-refractivity contribution in [3.63, 3.8) is 0 Å². The third kappa shape index (κ3) is 3.17. The summed E-state index contributed by atoms with van der Waals surface area (Å²) in [5, 5.41) is 17.7. The van der Waals surface area contributed by atoms with Gasteiger partial charge in [0, 0.05) is 12.1 Å². The Balaban J connectivity index is 2.05. The fraction of sp³-hybridized carbons (Fsp3) is 0.786. The number of carbonyl (C=O) groups is 1. The van der Waals surface area contributed by atoms with Crippen molar-refractivity contribution in [3.05, 3.63) is 11.9 Å². The first-order valence-corrected chi connectivity index (χ1v) is 7.23. The van der Waals surface area contributed by atoms with E-state index in [9.17, 15) is 9.90 Å². The molecular formula is C14H24N4O2. The van der Waals surface area contributed by atoms with Crippen LogP contribution >= 0.6 is 0 Å². The Morgan fingerprint density at radius 1 is 1.40 bits per heavy atom. The number of hydrogen-bond donors (Lipinski definition) is 1. The van der Waals surface area contributed by atoms with E-state index in [-0.39, 0.29) is 24.5 Å². The smallest absolute Gasteiger partial charge is 0.244 e. The van der Waals surface area contributed by atoms with Gasteiger partial charge in [0.05, 0.1) is 6.20 Å². The number of aliphatic hydroxyl groups is 1. The third-order valence-electron chi connectivity index (χ3n) is 3.94. The normalized spacial score (nSPS) is 23.9. The van der Waals surface area contributed by atoms with Crippen molar-refractivity contribution in [2.75, 3.05) is 0 Å². The van der Waals surface area contributed by atoms with Crippen molar-refractivity contribution >= 4 is 5.91 Å². The Labute approximate surface area is 119 Å². The molecule has 1 saturated heterocycles. The minimum atomic E-state index is -1.03. The first kappa shape index (κ1) is 15.0. The second-order valence-electron chi connectivity index (χ2n) is 6.29. The van der Waals surface area contributed by atoms with E-state index < -0.39 is 5.60 Å². The molecule has 1 fully saturated rings. The molecule has 2 heterocycles. The number of amides is 1. The highest BCUT2D eigenvalue weighted by Crippen LogP contribution is 2.23. The van der Waals surface area contributed by atoms with Crippen LogP contribution in [0.4, 0.5) is 0 Å². The Morgan fingerprint density at radius 3 is 2.50 bits per heavy atom. The van der Waals surface area contributed by atoms with E-state index in [1.165, 1.54) is 11.1 Å². The summed E-state index contributed by atoms with van der Waals surface area (Å²) in [5.41, 5.74) is -0.558. The third-order valence-corrected chi connectivity index (χ3v) is 3.94. The van der Waals surface area contributed by atoms with Gasteiger partial charge in [-0.3, -0.25) is 4.79 Å². The minimum Gasteiger partial charge on any atom is -0.384 e. The standard InChI is InChI=1S/C14H24N4O2/c1-10-6-5-7-11(2)18(10)13(19)9-17-8-12(15-16-17)14(3,4)20/h8,10-11,20H,5-7,9H2,1-4H3. The molecule has 1 aliphatic heterocycles. The summed E-state index contributed by atoms with van der Waals surface area (Å²) in [6.07, 6.45) is 4.93. The van der Waals surface area contributed by atoms with Crippen LogP contribution in [0, 0.1) is 0 Å². The van der Waals surface area contributed by atoms with Gasteiger partial charge in [-0.25, -0.2) is 4.68 Å². The lowest BCUT2D eigenvalue weighted by atomic mass is 9.97. The second kappa shape index (κ2) is 5.52. The second-order valence-corrected chi connectivity index (χ2v) is 6.29. The summed E-state index contributed by atoms with van der Waals surface area (Å²) in [6.45, 7) is 7.67. The molecule has 2 unspecified atom stereocenters. The molecule has 6 heteroatoms. The van der Waals surface area contributed by atoms with Gasteiger partial charge in [-0.05, 0) is 47.0 Å². The summed E-state index contributed by atoms with van der Waals surface area (Å²) < 4.78 is 1.50. The van der Waals surface area contributed by atoms with Gasteiger partial charge in [0.25, 0.3) is 0 Å². The first-order chi connectivity index (χ1) is 9.29. The fourth-order valence-corrected chi connectivity index (χ4v) is 2.79. The molecule has 112 valence electrons. The van der Waals surface area contributed by atoms with Crippen molar-refractivity contribution in [1.29, 1.82) is 0 Å². The van der Waals surface area contributed by atoms with Crippen LogP contribution in [-0.4, -0.2) is 43.0 Å². The van der Waals surface area contributed by atoms with Crippen LogP contribution in [-0.2, 0) is 16.9 Å². The van der Waals surface area contributed by atoms with Crippen molar-refractivity contribution in [1.82, 2.24) is 19.9 Å². The van der Waals surface area contributed by atoms with Gasteiger partial charge in [-0.2, -0.15) is 0 Å². The maximum Gasteiger partial charge on any atom is 0.244 e. The van der Waals surface area contributed by atoms with Crippen molar-refractivity contribution < 1.29 is 9.90 Å². The van der Waals surface area contributed by atoms with E-state index in [1.54, 1.807) is 20.0 Å². The van der Waals surface area contributed by atoms with Crippen LogP contribution in [0.25, 0.3) is 0 Å². The monoisotopic (exact) mass is 280 g/mol. The minimum absolute atomic E-state index is 0.0666. The van der Waals surface area contributed by atoms with Crippen LogP contribution in [0.2, 0.25) is 0 Å². The van der Waals surface area contributed by atoms with Gasteiger partial charge in [0.1, 0.15) is 17.8 Å². The predicted octanol–water partition coefficient (Wildman–Crippen LogP) is 1.29. The van der Waals surface area contributed by atoms with Crippen molar-refractivity contribution in [2.24, 2.45) is 0 Å². The van der Waals surface area contributed by atoms with Gasteiger partial charge in [-0.1, -0.05) is 5.21 Å². The summed E-state index contributed by atoms with van der Waals surface area (Å²) in [7, 11) is 0. The van der Waals surface area contributed by atoms with Gasteiger partial charge in [0.2, 0.25) is 5.91 Å². The largest absolute Gasteiger partial charge is 0.384 e. The quantitative estimate of drug-likeness (QED) is 0.906. The number of hydrogen-bond acceptors (Lipinski definition) is 4. The summed E-state index contributed by atoms with van der Waals surface area (Å²) in [5.74, 6) is 0.0666. The Morgan fingerprint density at radius 2 is 2.00 bits per heavy atom. The number of nitrogens with zero attached hydrogens (tertiary/aromatic N) is 4. The molecule has 6 nitrogen and oxygen atoms in total. The number of carbonyl (C=O) groups excluding carboxylic acids is 1. The maximum absolute atomic E-state index is 12.4. The first-order valence-electron chi connectivity index (χ1n) is 7.23. The predicted molar refractivity (Wildman–Crippen MR) is 74.9 cm³/mol. The zero-order valence-corrected chi connectivity index (χ0v) is 12.7. The van der Waals surface area contributed by atoms with Crippen LogP contribution in [0.3, 0.4) is 0 Å². The van der Waals surface area contributed by atoms with Crippen molar-refractivity contribution in [3.8, 4) is 0 Å². The van der Waals surface area contributed by atoms with Gasteiger partial charge in [-0.15, -0.1) is 5.10 Å². The van der Waals surface area contributed by atoms with Crippen LogP contribution in [0.1, 0.15) is 52.7 Å². The molecule has 2 rings (SSSR count). The summed E-state index contributed by atoms with van der Waals surface area (Å²) >= 11 is 0. The van der Waals surface area contributed by atoms with E-state index >= 15 is 0 Å². The van der Waals surface area contributed by atoms with E-state index in [0.29, 0.717) is 5.69 Å². The van der Waals surface area contributed by atoms with Crippen molar-refractivity contribution in [2.45, 2.75) is 71.2 Å². The molecule has 1 aromatic rings. The molecule has 1 aliphatic rings. The van der Waals surface area contributed by atoms with Gasteiger partial charge < -0.3 is 10.0 Å². The summed E-state index contributed by atoms with van der Waals surface area (Å²) in [4.78, 5) is 14.4. The molecule has 0 aromatic carbocycles. The molecule has 1 N–H and O–H groups in total. The van der Waals surface area contributed by atoms with Crippen LogP contribution in [0.5, 0.6) is 0 Å². The molecule has 0 spiro atoms. The summed E-state index contributed by atoms with van der Waals surface area (Å²) in [6, 6.07) is 0.562. The molecule has 0 bridgehead atoms. The molecule has 0 radical (unpaired) electrons. The zero-order chi connectivity index (χ0) is 14.9. The number of rotatable bonds is 3. The maximum atomic E-state index is 12.4. The lowest BCUT2D eigenvalue weighted by Crippen LogP contribution is -2.48. The number of likely N-dealkylation sites (tertiary alicyclic amines) is 1. The van der Waals surface area contributed by atoms with E-state index in [2.05, 4.69) is 24.2 Å². The van der Waals surface area contributed by atoms with Crippen LogP contribution < -0.4 is 0 Å². The Kier molecular flexibility index (Phi) is 4.13. The van der Waals surface area contributed by atoms with Crippen LogP contribution in [0.15, 0.2) is 6.20 Å². The highest BCUT2D eigenvalue weighted by Gasteiger charge is 2.29. The molecule has 0 saturated carbocycles. The van der Waals surface area contributed by atoms with Gasteiger partial charge in [0.15, 0.2) is 0 Å². The number of piperidine rings is 1. The average molecular weight is 280 g/mol. The van der Waals surface area contributed by atoms with E-state index in [1.807, 2.05) is 4.90 Å². The number of aromatic nitrogens is 3. The highest BCUT2D eigenvalue weighted by molar-refractivity contribution is 5.76. The molecule has 1 aromatic heterocycles. The highest BCUT2D eigenvalue weighted by atomic mass is 16.3. The SMILES string of the molecule is CC1CCCC(C)N1C(=O)Cn1cc(C(C)(C)O)nn1. The molecule has 2 atom stereocenters. The lowest BCUT2D eigenvalue weighted by molar-refractivity contribution is -0.138. The van der Waals surface area contributed by atoms with E-state index in [0.717, 1.165) is 12.8 Å². The topological polar surface area (TPSA) is 71.2 Å². The van der Waals surface area contributed by atoms with E-state index in [4.69, 9.17) is 0 Å². The lowest BCUT2D eigenvalue weighted by Gasteiger charge is -2.39.